The lowest BCUT2D eigenvalue weighted by Crippen LogP contribution is -2.15. The van der Waals surface area contributed by atoms with E-state index in [9.17, 15) is 0 Å². The van der Waals surface area contributed by atoms with Gasteiger partial charge in [-0.3, -0.25) is 0 Å². The van der Waals surface area contributed by atoms with E-state index in [1.807, 2.05) is 0 Å². The summed E-state index contributed by atoms with van der Waals surface area (Å²) < 4.78 is 0. The lowest BCUT2D eigenvalue weighted by Gasteiger charge is -2.31. The molecule has 0 N–H and O–H groups in total. The number of anilines is 3. The van der Waals surface area contributed by atoms with Gasteiger partial charge in [-0.25, -0.2) is 0 Å². The second-order valence-electron chi connectivity index (χ2n) is 17.2. The Hall–Kier alpha value is -5.40. The first kappa shape index (κ1) is 34.4. The van der Waals surface area contributed by atoms with Gasteiger partial charge in [0.2, 0.25) is 0 Å². The van der Waals surface area contributed by atoms with E-state index in [1.165, 1.54) is 110 Å². The molecule has 1 nitrogen and oxygen atoms in total. The molecule has 0 heterocycles. The molecule has 0 amide bonds. The molecule has 0 aromatic heterocycles. The first-order valence-electron chi connectivity index (χ1n) is 20.1. The second kappa shape index (κ2) is 13.5. The molecular weight excluding hydrogens is 651 g/mol. The van der Waals surface area contributed by atoms with Crippen molar-refractivity contribution in [3.8, 4) is 33.4 Å². The maximum Gasteiger partial charge on any atom is 0.0540 e. The summed E-state index contributed by atoms with van der Waals surface area (Å²) in [4.78, 5) is 2.52. The Kier molecular flexibility index (Phi) is 8.57. The maximum absolute atomic E-state index is 2.52. The van der Waals surface area contributed by atoms with E-state index in [0.29, 0.717) is 5.92 Å². The summed E-state index contributed by atoms with van der Waals surface area (Å²) in [6.07, 6.45) is 6.55. The molecule has 0 bridgehead atoms. The van der Waals surface area contributed by atoms with Crippen LogP contribution in [0.4, 0.5) is 17.1 Å². The van der Waals surface area contributed by atoms with Gasteiger partial charge in [-0.1, -0.05) is 175 Å². The zero-order valence-corrected chi connectivity index (χ0v) is 32.5. The molecular formula is C53H51N. The summed E-state index contributed by atoms with van der Waals surface area (Å²) in [6, 6.07) is 57.4. The molecule has 2 aliphatic carbocycles. The topological polar surface area (TPSA) is 3.24 Å². The summed E-state index contributed by atoms with van der Waals surface area (Å²) in [5.74, 6) is 0.604. The third-order valence-corrected chi connectivity index (χ3v) is 12.4. The smallest absolute Gasteiger partial charge is 0.0540 e. The highest BCUT2D eigenvalue weighted by molar-refractivity contribution is 6.04. The van der Waals surface area contributed by atoms with E-state index in [1.54, 1.807) is 0 Å². The largest absolute Gasteiger partial charge is 0.309 e. The number of para-hydroxylation sites is 2. The minimum absolute atomic E-state index is 0.0620. The van der Waals surface area contributed by atoms with Crippen LogP contribution in [0.2, 0.25) is 0 Å². The molecule has 7 aromatic carbocycles. The van der Waals surface area contributed by atoms with Crippen molar-refractivity contribution in [1.82, 2.24) is 0 Å². The van der Waals surface area contributed by atoms with Crippen molar-refractivity contribution in [2.75, 3.05) is 4.90 Å². The van der Waals surface area contributed by atoms with Crippen molar-refractivity contribution in [3.05, 3.63) is 174 Å². The van der Waals surface area contributed by atoms with Gasteiger partial charge >= 0.3 is 0 Å². The van der Waals surface area contributed by atoms with Gasteiger partial charge in [0.15, 0.2) is 0 Å². The monoisotopic (exact) mass is 701 g/mol. The molecule has 0 atom stereocenters. The van der Waals surface area contributed by atoms with E-state index < -0.39 is 0 Å². The zero-order valence-electron chi connectivity index (χ0n) is 32.5. The van der Waals surface area contributed by atoms with Crippen LogP contribution in [-0.2, 0) is 10.8 Å². The van der Waals surface area contributed by atoms with Crippen LogP contribution in [-0.4, -0.2) is 0 Å². The summed E-state index contributed by atoms with van der Waals surface area (Å²) in [6.45, 7) is 11.6. The number of benzene rings is 7. The molecule has 1 saturated carbocycles. The SMILES string of the molecule is CC(C)(C)c1ccc(N(c2ccccc2-c2ccc3c(c2)C(C)(C)c2ccccc2-3)c2ccccc2-c2cccc3cccc(C4CCCCC4)c23)cc1. The molecule has 268 valence electrons. The molecule has 0 unspecified atom stereocenters. The second-order valence-corrected chi connectivity index (χ2v) is 17.2. The van der Waals surface area contributed by atoms with E-state index >= 15 is 0 Å². The standard InChI is InChI=1S/C53H51N/c1-52(2,3)39-30-32-40(33-31-39)54(49-27-13-10-21-41(49)38-29-34-44-43-22-9-12-26-47(43)53(4,5)48(44)35-38)50-28-14-11-23-45(50)46-25-16-20-37-19-15-24-42(51(37)46)36-17-7-6-8-18-36/h9-16,19-36H,6-8,17-18H2,1-5H3. The predicted octanol–water partition coefficient (Wildman–Crippen LogP) is 15.3. The lowest BCUT2D eigenvalue weighted by atomic mass is 9.80. The Balaban J connectivity index is 1.26. The number of hydrogen-bond donors (Lipinski definition) is 0. The average molecular weight is 702 g/mol. The van der Waals surface area contributed by atoms with Crippen LogP contribution in [0.5, 0.6) is 0 Å². The van der Waals surface area contributed by atoms with Crippen LogP contribution in [0, 0.1) is 0 Å². The number of nitrogens with zero attached hydrogens (tertiary/aromatic N) is 1. The summed E-state index contributed by atoms with van der Waals surface area (Å²) in [5, 5.41) is 2.74. The number of rotatable bonds is 6. The molecule has 9 rings (SSSR count). The molecule has 1 heteroatoms. The van der Waals surface area contributed by atoms with Gasteiger partial charge in [0, 0.05) is 22.2 Å². The molecule has 0 spiro atoms. The average Bonchev–Trinajstić information content (AvgIpc) is 3.43. The summed E-state index contributed by atoms with van der Waals surface area (Å²) in [7, 11) is 0. The Morgan fingerprint density at radius 1 is 0.519 bits per heavy atom. The molecule has 7 aromatic rings. The van der Waals surface area contributed by atoms with Crippen molar-refractivity contribution < 1.29 is 0 Å². The Labute approximate surface area is 322 Å². The van der Waals surface area contributed by atoms with Gasteiger partial charge in [0.1, 0.15) is 0 Å². The Bertz CT molecular complexity index is 2480. The minimum Gasteiger partial charge on any atom is -0.309 e. The van der Waals surface area contributed by atoms with Crippen LogP contribution in [0.25, 0.3) is 44.2 Å². The van der Waals surface area contributed by atoms with Crippen molar-refractivity contribution in [3.63, 3.8) is 0 Å². The van der Waals surface area contributed by atoms with Gasteiger partial charge in [-0.05, 0) is 110 Å². The number of hydrogen-bond acceptors (Lipinski definition) is 1. The fraction of sp³-hybridized carbons (Fsp3) is 0.245. The van der Waals surface area contributed by atoms with E-state index in [0.717, 1.165) is 5.69 Å². The molecule has 1 fully saturated rings. The lowest BCUT2D eigenvalue weighted by molar-refractivity contribution is 0.445. The third kappa shape index (κ3) is 5.86. The highest BCUT2D eigenvalue weighted by Gasteiger charge is 2.35. The minimum atomic E-state index is -0.0731. The fourth-order valence-corrected chi connectivity index (χ4v) is 9.55. The van der Waals surface area contributed by atoms with E-state index in [4.69, 9.17) is 0 Å². The molecule has 2 aliphatic rings. The predicted molar refractivity (Wildman–Crippen MR) is 232 cm³/mol. The normalized spacial score (nSPS) is 15.2. The first-order valence-corrected chi connectivity index (χ1v) is 20.1. The van der Waals surface area contributed by atoms with Crippen LogP contribution in [0.1, 0.15) is 94.9 Å². The van der Waals surface area contributed by atoms with Gasteiger partial charge < -0.3 is 4.90 Å². The number of fused-ring (bicyclic) bond motifs is 4. The van der Waals surface area contributed by atoms with Gasteiger partial charge in [0.25, 0.3) is 0 Å². The maximum atomic E-state index is 2.52. The molecule has 54 heavy (non-hydrogen) atoms. The van der Waals surface area contributed by atoms with Crippen molar-refractivity contribution >= 4 is 27.8 Å². The molecule has 0 saturated heterocycles. The Morgan fingerprint density at radius 3 is 1.83 bits per heavy atom. The van der Waals surface area contributed by atoms with Crippen molar-refractivity contribution in [2.24, 2.45) is 0 Å². The van der Waals surface area contributed by atoms with Gasteiger partial charge in [0.05, 0.1) is 11.4 Å². The van der Waals surface area contributed by atoms with Crippen LogP contribution < -0.4 is 4.90 Å². The Morgan fingerprint density at radius 2 is 1.11 bits per heavy atom. The van der Waals surface area contributed by atoms with Crippen LogP contribution in [0.3, 0.4) is 0 Å². The first-order chi connectivity index (χ1) is 26.2. The fourth-order valence-electron chi connectivity index (χ4n) is 9.55. The molecule has 0 aliphatic heterocycles. The summed E-state index contributed by atoms with van der Waals surface area (Å²) >= 11 is 0. The van der Waals surface area contributed by atoms with Crippen LogP contribution in [0.15, 0.2) is 152 Å². The highest BCUT2D eigenvalue weighted by atomic mass is 15.1. The van der Waals surface area contributed by atoms with Gasteiger partial charge in [-0.15, -0.1) is 0 Å². The van der Waals surface area contributed by atoms with Gasteiger partial charge in [-0.2, -0.15) is 0 Å². The van der Waals surface area contributed by atoms with Crippen molar-refractivity contribution in [1.29, 1.82) is 0 Å². The quantitative estimate of drug-likeness (QED) is 0.167. The molecule has 0 radical (unpaired) electrons. The van der Waals surface area contributed by atoms with E-state index in [-0.39, 0.29) is 10.8 Å². The van der Waals surface area contributed by atoms with Crippen molar-refractivity contribution in [2.45, 2.75) is 83.5 Å². The summed E-state index contributed by atoms with van der Waals surface area (Å²) in [5.41, 5.74) is 16.9. The highest BCUT2D eigenvalue weighted by Crippen LogP contribution is 2.52. The third-order valence-electron chi connectivity index (χ3n) is 12.4. The van der Waals surface area contributed by atoms with E-state index in [2.05, 4.69) is 191 Å². The van der Waals surface area contributed by atoms with Crippen LogP contribution >= 0.6 is 0 Å². The zero-order chi connectivity index (χ0) is 37.0.